The molecule has 0 saturated heterocycles. The van der Waals surface area contributed by atoms with Crippen molar-refractivity contribution in [3.05, 3.63) is 27.7 Å². The number of hydrogen-bond acceptors (Lipinski definition) is 3. The fourth-order valence-corrected chi connectivity index (χ4v) is 2.55. The molecule has 2 atom stereocenters. The maximum absolute atomic E-state index is 12.0. The summed E-state index contributed by atoms with van der Waals surface area (Å²) < 4.78 is 0.775. The Balaban J connectivity index is 2.16. The van der Waals surface area contributed by atoms with Crippen LogP contribution in [0.25, 0.3) is 0 Å². The van der Waals surface area contributed by atoms with Gasteiger partial charge in [0.05, 0.1) is 17.7 Å². The molecule has 1 fully saturated rings. The van der Waals surface area contributed by atoms with E-state index in [1.165, 1.54) is 0 Å². The van der Waals surface area contributed by atoms with E-state index in [1.807, 2.05) is 6.92 Å². The van der Waals surface area contributed by atoms with Gasteiger partial charge in [-0.15, -0.1) is 0 Å². The van der Waals surface area contributed by atoms with E-state index in [-0.39, 0.29) is 23.3 Å². The van der Waals surface area contributed by atoms with E-state index in [9.17, 15) is 15.0 Å². The number of carbonyl (C=O) groups excluding carboxylic acids is 1. The van der Waals surface area contributed by atoms with E-state index in [0.29, 0.717) is 6.42 Å². The first-order valence-corrected chi connectivity index (χ1v) is 6.76. The molecule has 1 amide bonds. The van der Waals surface area contributed by atoms with E-state index in [0.717, 1.165) is 22.9 Å². The highest BCUT2D eigenvalue weighted by molar-refractivity contribution is 9.10. The zero-order chi connectivity index (χ0) is 13.3. The number of rotatable bonds is 2. The second-order valence-electron chi connectivity index (χ2n) is 4.70. The van der Waals surface area contributed by atoms with Crippen LogP contribution in [0.15, 0.2) is 16.6 Å². The summed E-state index contributed by atoms with van der Waals surface area (Å²) in [6, 6.07) is 2.93. The summed E-state index contributed by atoms with van der Waals surface area (Å²) in [6.07, 6.45) is 1.93. The Labute approximate surface area is 114 Å². The minimum atomic E-state index is -0.481. The topological polar surface area (TPSA) is 69.6 Å². The number of carbonyl (C=O) groups is 1. The Kier molecular flexibility index (Phi) is 3.92. The molecule has 5 heteroatoms. The first kappa shape index (κ1) is 13.4. The smallest absolute Gasteiger partial charge is 0.255 e. The second-order valence-corrected chi connectivity index (χ2v) is 5.55. The van der Waals surface area contributed by atoms with Crippen LogP contribution in [0.1, 0.15) is 35.2 Å². The second kappa shape index (κ2) is 5.28. The number of benzene rings is 1. The predicted octanol–water partition coefficient (Wildman–Crippen LogP) is 2.11. The number of aryl methyl sites for hydroxylation is 1. The molecule has 0 unspecified atom stereocenters. The lowest BCUT2D eigenvalue weighted by molar-refractivity contribution is 0.0870. The highest BCUT2D eigenvalue weighted by Crippen LogP contribution is 2.27. The zero-order valence-electron chi connectivity index (χ0n) is 10.1. The number of phenols is 1. The molecule has 0 spiro atoms. The molecule has 1 aromatic rings. The van der Waals surface area contributed by atoms with Crippen molar-refractivity contribution in [2.45, 2.75) is 38.3 Å². The van der Waals surface area contributed by atoms with Gasteiger partial charge in [0.2, 0.25) is 0 Å². The average Bonchev–Trinajstić information content (AvgIpc) is 2.69. The third-order valence-electron chi connectivity index (χ3n) is 3.32. The van der Waals surface area contributed by atoms with Crippen LogP contribution in [-0.4, -0.2) is 28.3 Å². The highest BCUT2D eigenvalue weighted by atomic mass is 79.9. The van der Waals surface area contributed by atoms with Crippen molar-refractivity contribution in [3.8, 4) is 5.75 Å². The number of aliphatic hydroxyl groups is 1. The van der Waals surface area contributed by atoms with Crippen LogP contribution in [0.5, 0.6) is 5.75 Å². The first-order valence-electron chi connectivity index (χ1n) is 5.97. The van der Waals surface area contributed by atoms with Gasteiger partial charge < -0.3 is 15.5 Å². The molecule has 18 heavy (non-hydrogen) atoms. The number of aromatic hydroxyl groups is 1. The third kappa shape index (κ3) is 2.67. The van der Waals surface area contributed by atoms with Crippen molar-refractivity contribution >= 4 is 21.8 Å². The third-order valence-corrected chi connectivity index (χ3v) is 4.17. The first-order chi connectivity index (χ1) is 8.49. The Morgan fingerprint density at radius 2 is 2.17 bits per heavy atom. The minimum Gasteiger partial charge on any atom is -0.507 e. The molecule has 98 valence electrons. The SMILES string of the molecule is Cc1cc(O)c(C(=O)N[C@H]2CCC[C@@H]2O)cc1Br. The number of nitrogens with one attached hydrogen (secondary N) is 1. The van der Waals surface area contributed by atoms with Crippen molar-refractivity contribution in [3.63, 3.8) is 0 Å². The molecule has 1 aliphatic carbocycles. The predicted molar refractivity (Wildman–Crippen MR) is 71.7 cm³/mol. The largest absolute Gasteiger partial charge is 0.507 e. The number of hydrogen-bond donors (Lipinski definition) is 3. The van der Waals surface area contributed by atoms with Gasteiger partial charge in [-0.3, -0.25) is 4.79 Å². The van der Waals surface area contributed by atoms with Gasteiger partial charge in [-0.1, -0.05) is 15.9 Å². The summed E-state index contributed by atoms with van der Waals surface area (Å²) in [5.74, 6) is -0.389. The average molecular weight is 314 g/mol. The quantitative estimate of drug-likeness (QED) is 0.783. The Morgan fingerprint density at radius 1 is 1.44 bits per heavy atom. The van der Waals surface area contributed by atoms with E-state index < -0.39 is 6.10 Å². The summed E-state index contributed by atoms with van der Waals surface area (Å²) >= 11 is 3.33. The van der Waals surface area contributed by atoms with Gasteiger partial charge in [-0.25, -0.2) is 0 Å². The zero-order valence-corrected chi connectivity index (χ0v) is 11.7. The molecule has 0 bridgehead atoms. The molecule has 0 aromatic heterocycles. The Morgan fingerprint density at radius 3 is 2.78 bits per heavy atom. The molecule has 1 aliphatic rings. The van der Waals surface area contributed by atoms with Gasteiger partial charge in [0.15, 0.2) is 0 Å². The highest BCUT2D eigenvalue weighted by Gasteiger charge is 2.27. The fourth-order valence-electron chi connectivity index (χ4n) is 2.20. The molecule has 2 rings (SSSR count). The van der Waals surface area contributed by atoms with Gasteiger partial charge >= 0.3 is 0 Å². The maximum atomic E-state index is 12.0. The van der Waals surface area contributed by atoms with Gasteiger partial charge in [-0.2, -0.15) is 0 Å². The standard InChI is InChI=1S/C13H16BrNO3/c1-7-5-12(17)8(6-9(7)14)13(18)15-10-3-2-4-11(10)16/h5-6,10-11,16-17H,2-4H2,1H3,(H,15,18)/t10-,11-/m0/s1. The van der Waals surface area contributed by atoms with Crippen LogP contribution >= 0.6 is 15.9 Å². The number of aliphatic hydroxyl groups excluding tert-OH is 1. The van der Waals surface area contributed by atoms with Crippen LogP contribution in [-0.2, 0) is 0 Å². The summed E-state index contributed by atoms with van der Waals surface area (Å²) in [5.41, 5.74) is 1.09. The monoisotopic (exact) mass is 313 g/mol. The van der Waals surface area contributed by atoms with Gasteiger partial charge in [-0.05, 0) is 43.9 Å². The van der Waals surface area contributed by atoms with Crippen LogP contribution < -0.4 is 5.32 Å². The molecule has 0 radical (unpaired) electrons. The van der Waals surface area contributed by atoms with Crippen LogP contribution in [0.4, 0.5) is 0 Å². The van der Waals surface area contributed by atoms with Crippen molar-refractivity contribution in [2.75, 3.05) is 0 Å². The summed E-state index contributed by atoms with van der Waals surface area (Å²) in [4.78, 5) is 12.0. The van der Waals surface area contributed by atoms with E-state index in [2.05, 4.69) is 21.2 Å². The lowest BCUT2D eigenvalue weighted by Gasteiger charge is -2.17. The maximum Gasteiger partial charge on any atom is 0.255 e. The molecular weight excluding hydrogens is 298 g/mol. The van der Waals surface area contributed by atoms with Gasteiger partial charge in [0.1, 0.15) is 5.75 Å². The lowest BCUT2D eigenvalue weighted by atomic mass is 10.1. The number of halogens is 1. The molecule has 1 saturated carbocycles. The molecule has 1 aromatic carbocycles. The van der Waals surface area contributed by atoms with Crippen LogP contribution in [0.2, 0.25) is 0 Å². The van der Waals surface area contributed by atoms with Crippen molar-refractivity contribution in [1.29, 1.82) is 0 Å². The Hall–Kier alpha value is -1.07. The molecule has 0 aliphatic heterocycles. The fraction of sp³-hybridized carbons (Fsp3) is 0.462. The Bertz CT molecular complexity index is 476. The molecule has 0 heterocycles. The van der Waals surface area contributed by atoms with Gasteiger partial charge in [0, 0.05) is 4.47 Å². The minimum absolute atomic E-state index is 0.0410. The molecule has 4 nitrogen and oxygen atoms in total. The van der Waals surface area contributed by atoms with Crippen molar-refractivity contribution < 1.29 is 15.0 Å². The van der Waals surface area contributed by atoms with Crippen LogP contribution in [0, 0.1) is 6.92 Å². The van der Waals surface area contributed by atoms with E-state index in [4.69, 9.17) is 0 Å². The summed E-state index contributed by atoms with van der Waals surface area (Å²) in [6.45, 7) is 1.84. The number of phenolic OH excluding ortho intramolecular Hbond substituents is 1. The normalized spacial score (nSPS) is 23.1. The summed E-state index contributed by atoms with van der Waals surface area (Å²) in [5, 5.41) is 22.2. The van der Waals surface area contributed by atoms with Crippen molar-refractivity contribution in [1.82, 2.24) is 5.32 Å². The van der Waals surface area contributed by atoms with Crippen LogP contribution in [0.3, 0.4) is 0 Å². The van der Waals surface area contributed by atoms with E-state index in [1.54, 1.807) is 12.1 Å². The van der Waals surface area contributed by atoms with E-state index >= 15 is 0 Å². The van der Waals surface area contributed by atoms with Gasteiger partial charge in [0.25, 0.3) is 5.91 Å². The lowest BCUT2D eigenvalue weighted by Crippen LogP contribution is -2.39. The number of amides is 1. The van der Waals surface area contributed by atoms with Crippen molar-refractivity contribution in [2.24, 2.45) is 0 Å². The molecule has 3 N–H and O–H groups in total. The summed E-state index contributed by atoms with van der Waals surface area (Å²) in [7, 11) is 0. The molecular formula is C13H16BrNO3.